The fourth-order valence-electron chi connectivity index (χ4n) is 2.16. The molecule has 0 saturated heterocycles. The Kier molecular flexibility index (Phi) is 5.22. The number of thiophene rings is 2. The Morgan fingerprint density at radius 3 is 2.40 bits per heavy atom. The predicted molar refractivity (Wildman–Crippen MR) is 102 cm³/mol. The number of carbonyl (C=O) groups is 1. The molecule has 0 aliphatic rings. The second kappa shape index (κ2) is 7.38. The first-order chi connectivity index (χ1) is 12.0. The van der Waals surface area contributed by atoms with Crippen molar-refractivity contribution in [3.8, 4) is 0 Å². The highest BCUT2D eigenvalue weighted by atomic mass is 32.2. The molecule has 3 aromatic rings. The van der Waals surface area contributed by atoms with Crippen LogP contribution >= 0.6 is 22.7 Å². The summed E-state index contributed by atoms with van der Waals surface area (Å²) in [5.74, 6) is -0.194. The first kappa shape index (κ1) is 17.7. The van der Waals surface area contributed by atoms with Crippen LogP contribution in [0.4, 0.5) is 5.69 Å². The molecule has 3 rings (SSSR count). The summed E-state index contributed by atoms with van der Waals surface area (Å²) in [6.45, 7) is 2.49. The summed E-state index contributed by atoms with van der Waals surface area (Å²) in [4.78, 5) is 13.3. The molecule has 1 aromatic carbocycles. The Balaban J connectivity index is 1.64. The van der Waals surface area contributed by atoms with Gasteiger partial charge in [0.1, 0.15) is 4.21 Å². The van der Waals surface area contributed by atoms with E-state index < -0.39 is 10.0 Å². The Morgan fingerprint density at radius 2 is 1.80 bits per heavy atom. The van der Waals surface area contributed by atoms with Crippen molar-refractivity contribution in [3.63, 3.8) is 0 Å². The smallest absolute Gasteiger partial charge is 0.271 e. The zero-order valence-electron chi connectivity index (χ0n) is 13.4. The zero-order chi connectivity index (χ0) is 17.9. The molecule has 1 amide bonds. The van der Waals surface area contributed by atoms with Gasteiger partial charge in [-0.2, -0.15) is 0 Å². The van der Waals surface area contributed by atoms with E-state index in [1.54, 1.807) is 53.1 Å². The van der Waals surface area contributed by atoms with Crippen molar-refractivity contribution in [2.45, 2.75) is 17.7 Å². The predicted octanol–water partition coefficient (Wildman–Crippen LogP) is 3.85. The van der Waals surface area contributed by atoms with Crippen LogP contribution in [-0.4, -0.2) is 14.3 Å². The molecular weight excluding hydrogens is 376 g/mol. The van der Waals surface area contributed by atoms with Crippen molar-refractivity contribution in [3.05, 3.63) is 69.2 Å². The van der Waals surface area contributed by atoms with Gasteiger partial charge in [-0.15, -0.1) is 22.7 Å². The second-order valence-corrected chi connectivity index (χ2v) is 9.18. The summed E-state index contributed by atoms with van der Waals surface area (Å²) in [5, 5.41) is 6.56. The number of amides is 1. The Hall–Kier alpha value is -2.16. The molecule has 0 fully saturated rings. The summed E-state index contributed by atoms with van der Waals surface area (Å²) >= 11 is 2.75. The number of hydrogen-bond acceptors (Lipinski definition) is 5. The van der Waals surface area contributed by atoms with E-state index in [9.17, 15) is 13.2 Å². The number of aryl methyl sites for hydroxylation is 1. The topological polar surface area (TPSA) is 75.3 Å². The van der Waals surface area contributed by atoms with Crippen molar-refractivity contribution >= 4 is 44.3 Å². The zero-order valence-corrected chi connectivity index (χ0v) is 15.8. The van der Waals surface area contributed by atoms with E-state index in [2.05, 4.69) is 10.0 Å². The average molecular weight is 393 g/mol. The molecule has 5 nitrogen and oxygen atoms in total. The van der Waals surface area contributed by atoms with Crippen LogP contribution in [-0.2, 0) is 16.6 Å². The van der Waals surface area contributed by atoms with E-state index in [0.717, 1.165) is 21.8 Å². The van der Waals surface area contributed by atoms with E-state index in [1.165, 1.54) is 0 Å². The molecule has 0 aliphatic heterocycles. The molecule has 2 heterocycles. The van der Waals surface area contributed by atoms with Gasteiger partial charge in [0.2, 0.25) is 0 Å². The molecular formula is C17H16N2O3S3. The number of hydrogen-bond donors (Lipinski definition) is 2. The maximum atomic E-state index is 12.2. The van der Waals surface area contributed by atoms with Gasteiger partial charge in [0.05, 0.1) is 6.54 Å². The Labute approximate surface area is 154 Å². The van der Waals surface area contributed by atoms with Crippen LogP contribution < -0.4 is 10.0 Å². The standard InChI is InChI=1S/C17H16N2O3S3/c1-12-8-10-23-15(12)11-18-17(20)13-4-6-14(7-5-13)19-25(21,22)16-3-2-9-24-16/h2-10,19H,11H2,1H3,(H,18,20). The number of nitrogens with one attached hydrogen (secondary N) is 2. The van der Waals surface area contributed by atoms with Gasteiger partial charge in [0, 0.05) is 16.1 Å². The highest BCUT2D eigenvalue weighted by Crippen LogP contribution is 2.20. The minimum absolute atomic E-state index is 0.194. The summed E-state index contributed by atoms with van der Waals surface area (Å²) in [6, 6.07) is 11.6. The highest BCUT2D eigenvalue weighted by Gasteiger charge is 2.15. The maximum absolute atomic E-state index is 12.2. The van der Waals surface area contributed by atoms with Gasteiger partial charge in [-0.3, -0.25) is 9.52 Å². The van der Waals surface area contributed by atoms with Crippen LogP contribution in [0, 0.1) is 6.92 Å². The third-order valence-electron chi connectivity index (χ3n) is 3.54. The summed E-state index contributed by atoms with van der Waals surface area (Å²) in [5.41, 5.74) is 2.05. The number of anilines is 1. The molecule has 0 atom stereocenters. The number of rotatable bonds is 6. The van der Waals surface area contributed by atoms with Gasteiger partial charge in [0.25, 0.3) is 15.9 Å². The molecule has 0 radical (unpaired) electrons. The van der Waals surface area contributed by atoms with Crippen LogP contribution in [0.15, 0.2) is 57.4 Å². The monoisotopic (exact) mass is 392 g/mol. The minimum atomic E-state index is -3.58. The Morgan fingerprint density at radius 1 is 1.04 bits per heavy atom. The lowest BCUT2D eigenvalue weighted by Crippen LogP contribution is -2.22. The van der Waals surface area contributed by atoms with Crippen LogP contribution in [0.2, 0.25) is 0 Å². The third kappa shape index (κ3) is 4.28. The van der Waals surface area contributed by atoms with Gasteiger partial charge >= 0.3 is 0 Å². The summed E-state index contributed by atoms with van der Waals surface area (Å²) < 4.78 is 27.1. The van der Waals surface area contributed by atoms with Crippen LogP contribution in [0.1, 0.15) is 20.8 Å². The van der Waals surface area contributed by atoms with Crippen molar-refractivity contribution in [2.24, 2.45) is 0 Å². The molecule has 0 bridgehead atoms. The van der Waals surface area contributed by atoms with E-state index in [0.29, 0.717) is 17.8 Å². The first-order valence-electron chi connectivity index (χ1n) is 7.43. The summed E-state index contributed by atoms with van der Waals surface area (Å²) in [6.07, 6.45) is 0. The molecule has 2 aromatic heterocycles. The highest BCUT2D eigenvalue weighted by molar-refractivity contribution is 7.94. The largest absolute Gasteiger partial charge is 0.347 e. The van der Waals surface area contributed by atoms with E-state index in [4.69, 9.17) is 0 Å². The van der Waals surface area contributed by atoms with Gasteiger partial charge < -0.3 is 5.32 Å². The Bertz CT molecular complexity index is 959. The molecule has 0 spiro atoms. The lowest BCUT2D eigenvalue weighted by Gasteiger charge is -2.08. The molecule has 0 unspecified atom stereocenters. The first-order valence-corrected chi connectivity index (χ1v) is 10.7. The van der Waals surface area contributed by atoms with E-state index in [-0.39, 0.29) is 10.1 Å². The SMILES string of the molecule is Cc1ccsc1CNC(=O)c1ccc(NS(=O)(=O)c2cccs2)cc1. The lowest BCUT2D eigenvalue weighted by atomic mass is 10.2. The molecule has 25 heavy (non-hydrogen) atoms. The quantitative estimate of drug-likeness (QED) is 0.669. The third-order valence-corrected chi connectivity index (χ3v) is 7.34. The fraction of sp³-hybridized carbons (Fsp3) is 0.118. The van der Waals surface area contributed by atoms with Crippen LogP contribution in [0.3, 0.4) is 0 Å². The second-order valence-electron chi connectivity index (χ2n) is 5.32. The molecule has 0 saturated carbocycles. The lowest BCUT2D eigenvalue weighted by molar-refractivity contribution is 0.0951. The van der Waals surface area contributed by atoms with Crippen molar-refractivity contribution in [1.29, 1.82) is 0 Å². The van der Waals surface area contributed by atoms with Gasteiger partial charge in [-0.25, -0.2) is 8.42 Å². The van der Waals surface area contributed by atoms with Crippen molar-refractivity contribution in [1.82, 2.24) is 5.32 Å². The van der Waals surface area contributed by atoms with E-state index >= 15 is 0 Å². The molecule has 0 aliphatic carbocycles. The van der Waals surface area contributed by atoms with E-state index in [1.807, 2.05) is 18.4 Å². The number of benzene rings is 1. The number of sulfonamides is 1. The molecule has 8 heteroatoms. The average Bonchev–Trinajstić information content (AvgIpc) is 3.25. The molecule has 2 N–H and O–H groups in total. The van der Waals surface area contributed by atoms with Crippen LogP contribution in [0.5, 0.6) is 0 Å². The van der Waals surface area contributed by atoms with Crippen molar-refractivity contribution < 1.29 is 13.2 Å². The van der Waals surface area contributed by atoms with Gasteiger partial charge in [0.15, 0.2) is 0 Å². The number of carbonyl (C=O) groups excluding carboxylic acids is 1. The van der Waals surface area contributed by atoms with Gasteiger partial charge in [-0.05, 0) is 59.6 Å². The fourth-order valence-corrected chi connectivity index (χ4v) is 5.06. The summed E-state index contributed by atoms with van der Waals surface area (Å²) in [7, 11) is -3.58. The van der Waals surface area contributed by atoms with Crippen molar-refractivity contribution in [2.75, 3.05) is 4.72 Å². The van der Waals surface area contributed by atoms with Gasteiger partial charge in [-0.1, -0.05) is 6.07 Å². The minimum Gasteiger partial charge on any atom is -0.347 e. The maximum Gasteiger partial charge on any atom is 0.271 e. The molecule has 130 valence electrons. The van der Waals surface area contributed by atoms with Crippen LogP contribution in [0.25, 0.3) is 0 Å². The normalized spacial score (nSPS) is 11.2.